The van der Waals surface area contributed by atoms with E-state index in [4.69, 9.17) is 0 Å². The molecule has 21 heavy (non-hydrogen) atoms. The highest BCUT2D eigenvalue weighted by Gasteiger charge is 2.14. The molecule has 0 fully saturated rings. The highest BCUT2D eigenvalue weighted by atomic mass is 16.3. The van der Waals surface area contributed by atoms with Crippen molar-refractivity contribution in [3.8, 4) is 0 Å². The lowest BCUT2D eigenvalue weighted by molar-refractivity contribution is 0.276. The Morgan fingerprint density at radius 2 is 1.90 bits per heavy atom. The van der Waals surface area contributed by atoms with E-state index in [0.29, 0.717) is 0 Å². The van der Waals surface area contributed by atoms with E-state index in [-0.39, 0.29) is 6.61 Å². The molecule has 0 aliphatic rings. The van der Waals surface area contributed by atoms with Crippen molar-refractivity contribution in [1.82, 2.24) is 9.38 Å². The van der Waals surface area contributed by atoms with E-state index >= 15 is 0 Å². The molecule has 0 unspecified atom stereocenters. The maximum Gasteiger partial charge on any atom is 0.153 e. The van der Waals surface area contributed by atoms with Crippen LogP contribution >= 0.6 is 0 Å². The van der Waals surface area contributed by atoms with Crippen LogP contribution in [0.2, 0.25) is 0 Å². The van der Waals surface area contributed by atoms with Crippen molar-refractivity contribution in [2.45, 2.75) is 20.1 Å². The summed E-state index contributed by atoms with van der Waals surface area (Å²) in [6, 6.07) is 14.3. The van der Waals surface area contributed by atoms with E-state index in [1.807, 2.05) is 35.8 Å². The smallest absolute Gasteiger partial charge is 0.153 e. The van der Waals surface area contributed by atoms with Gasteiger partial charge in [-0.1, -0.05) is 35.9 Å². The second-order valence-electron chi connectivity index (χ2n) is 5.31. The van der Waals surface area contributed by atoms with E-state index < -0.39 is 0 Å². The molecule has 1 N–H and O–H groups in total. The molecule has 2 aromatic heterocycles. The Hall–Kier alpha value is -2.33. The zero-order valence-electron chi connectivity index (χ0n) is 12.3. The Balaban J connectivity index is 1.93. The summed E-state index contributed by atoms with van der Waals surface area (Å²) < 4.78 is 1.93. The Morgan fingerprint density at radius 1 is 1.14 bits per heavy atom. The van der Waals surface area contributed by atoms with Crippen molar-refractivity contribution in [2.24, 2.45) is 0 Å². The lowest BCUT2D eigenvalue weighted by Gasteiger charge is -2.18. The first-order valence-electron chi connectivity index (χ1n) is 7.02. The number of imidazole rings is 1. The molecule has 0 aliphatic heterocycles. The highest BCUT2D eigenvalue weighted by molar-refractivity contribution is 5.55. The van der Waals surface area contributed by atoms with Gasteiger partial charge in [-0.2, -0.15) is 0 Å². The van der Waals surface area contributed by atoms with Gasteiger partial charge in [0.1, 0.15) is 5.65 Å². The number of hydrogen-bond acceptors (Lipinski definition) is 3. The number of pyridine rings is 1. The Kier molecular flexibility index (Phi) is 3.62. The van der Waals surface area contributed by atoms with Gasteiger partial charge in [-0.05, 0) is 24.6 Å². The fourth-order valence-corrected chi connectivity index (χ4v) is 2.53. The fourth-order valence-electron chi connectivity index (χ4n) is 2.53. The van der Waals surface area contributed by atoms with Crippen molar-refractivity contribution in [3.63, 3.8) is 0 Å². The molecule has 4 nitrogen and oxygen atoms in total. The number of fused-ring (bicyclic) bond motifs is 1. The van der Waals surface area contributed by atoms with Gasteiger partial charge in [-0.25, -0.2) is 4.98 Å². The third-order valence-electron chi connectivity index (χ3n) is 3.66. The van der Waals surface area contributed by atoms with Gasteiger partial charge in [0.05, 0.1) is 12.3 Å². The Morgan fingerprint density at radius 3 is 2.62 bits per heavy atom. The van der Waals surface area contributed by atoms with Gasteiger partial charge < -0.3 is 10.0 Å². The van der Waals surface area contributed by atoms with Crippen molar-refractivity contribution >= 4 is 11.5 Å². The van der Waals surface area contributed by atoms with Gasteiger partial charge >= 0.3 is 0 Å². The summed E-state index contributed by atoms with van der Waals surface area (Å²) in [5.74, 6) is 0.823. The molecule has 0 amide bonds. The number of aliphatic hydroxyl groups excluding tert-OH is 1. The Labute approximate surface area is 124 Å². The molecular formula is C17H19N3O. The third-order valence-corrected chi connectivity index (χ3v) is 3.66. The SMILES string of the molecule is Cc1ccc(CN(C)c2nc3ccccn3c2CO)cc1. The number of aryl methyl sites for hydroxylation is 1. The maximum atomic E-state index is 9.67. The lowest BCUT2D eigenvalue weighted by Crippen LogP contribution is -2.18. The molecule has 3 rings (SSSR count). The summed E-state index contributed by atoms with van der Waals surface area (Å²) in [6.07, 6.45) is 1.93. The minimum atomic E-state index is -0.0290. The second-order valence-corrected chi connectivity index (χ2v) is 5.31. The molecule has 0 saturated carbocycles. The van der Waals surface area contributed by atoms with Crippen LogP contribution in [0.5, 0.6) is 0 Å². The molecule has 0 atom stereocenters. The monoisotopic (exact) mass is 281 g/mol. The molecule has 0 radical (unpaired) electrons. The molecule has 2 heterocycles. The first-order chi connectivity index (χ1) is 10.2. The molecule has 4 heteroatoms. The molecule has 0 aliphatic carbocycles. The summed E-state index contributed by atoms with van der Waals surface area (Å²) in [6.45, 7) is 2.81. The van der Waals surface area contributed by atoms with E-state index in [0.717, 1.165) is 23.7 Å². The third kappa shape index (κ3) is 2.62. The van der Waals surface area contributed by atoms with Gasteiger partial charge in [-0.15, -0.1) is 0 Å². The van der Waals surface area contributed by atoms with Crippen molar-refractivity contribution in [2.75, 3.05) is 11.9 Å². The van der Waals surface area contributed by atoms with Gasteiger partial charge in [0.15, 0.2) is 5.82 Å². The van der Waals surface area contributed by atoms with Crippen LogP contribution in [0.15, 0.2) is 48.7 Å². The average Bonchev–Trinajstić information content (AvgIpc) is 2.88. The summed E-state index contributed by atoms with van der Waals surface area (Å²) >= 11 is 0. The zero-order valence-corrected chi connectivity index (χ0v) is 12.3. The molecule has 0 bridgehead atoms. The lowest BCUT2D eigenvalue weighted by atomic mass is 10.1. The van der Waals surface area contributed by atoms with Crippen molar-refractivity contribution in [3.05, 3.63) is 65.5 Å². The number of benzene rings is 1. The summed E-state index contributed by atoms with van der Waals surface area (Å²) in [4.78, 5) is 6.70. The van der Waals surface area contributed by atoms with Gasteiger partial charge in [0.25, 0.3) is 0 Å². The molecule has 108 valence electrons. The van der Waals surface area contributed by atoms with Gasteiger partial charge in [0.2, 0.25) is 0 Å². The van der Waals surface area contributed by atoms with Crippen LogP contribution < -0.4 is 4.90 Å². The maximum absolute atomic E-state index is 9.67. The van der Waals surface area contributed by atoms with E-state index in [2.05, 4.69) is 41.1 Å². The average molecular weight is 281 g/mol. The van der Waals surface area contributed by atoms with Crippen molar-refractivity contribution < 1.29 is 5.11 Å². The van der Waals surface area contributed by atoms with Crippen LogP contribution in [0.3, 0.4) is 0 Å². The van der Waals surface area contributed by atoms with Crippen LogP contribution in [-0.4, -0.2) is 21.5 Å². The summed E-state index contributed by atoms with van der Waals surface area (Å²) in [5.41, 5.74) is 4.15. The number of aromatic nitrogens is 2. The number of nitrogens with zero attached hydrogens (tertiary/aromatic N) is 3. The quantitative estimate of drug-likeness (QED) is 0.799. The molecule has 1 aromatic carbocycles. The second kappa shape index (κ2) is 5.58. The van der Waals surface area contributed by atoms with Crippen molar-refractivity contribution in [1.29, 1.82) is 0 Å². The van der Waals surface area contributed by atoms with E-state index in [1.54, 1.807) is 0 Å². The number of anilines is 1. The topological polar surface area (TPSA) is 40.8 Å². The van der Waals surface area contributed by atoms with Crippen LogP contribution in [0.4, 0.5) is 5.82 Å². The normalized spacial score (nSPS) is 11.0. The molecule has 3 aromatic rings. The van der Waals surface area contributed by atoms with E-state index in [1.165, 1.54) is 11.1 Å². The fraction of sp³-hybridized carbons (Fsp3) is 0.235. The van der Waals surface area contributed by atoms with Gasteiger partial charge in [-0.3, -0.25) is 4.40 Å². The number of hydrogen-bond donors (Lipinski definition) is 1. The number of aliphatic hydroxyl groups is 1. The standard InChI is InChI=1S/C17H19N3O/c1-13-6-8-14(9-7-13)11-19(2)17-15(12-21)20-10-4-3-5-16(20)18-17/h3-10,21H,11-12H2,1-2H3. The zero-order chi connectivity index (χ0) is 14.8. The van der Waals surface area contributed by atoms with E-state index in [9.17, 15) is 5.11 Å². The predicted octanol–water partition coefficient (Wildman–Crippen LogP) is 2.77. The number of rotatable bonds is 4. The first kappa shape index (κ1) is 13.6. The molecular weight excluding hydrogens is 262 g/mol. The minimum Gasteiger partial charge on any atom is -0.390 e. The highest BCUT2D eigenvalue weighted by Crippen LogP contribution is 2.22. The van der Waals surface area contributed by atoms with Crippen LogP contribution in [0.25, 0.3) is 5.65 Å². The first-order valence-corrected chi connectivity index (χ1v) is 7.02. The molecule has 0 spiro atoms. The largest absolute Gasteiger partial charge is 0.390 e. The summed E-state index contributed by atoms with van der Waals surface area (Å²) in [7, 11) is 2.00. The minimum absolute atomic E-state index is 0.0290. The van der Waals surface area contributed by atoms with Gasteiger partial charge in [0, 0.05) is 19.8 Å². The molecule has 0 saturated heterocycles. The van der Waals surface area contributed by atoms with Crippen LogP contribution in [0, 0.1) is 6.92 Å². The Bertz CT molecular complexity index is 746. The van der Waals surface area contributed by atoms with Crippen LogP contribution in [-0.2, 0) is 13.2 Å². The summed E-state index contributed by atoms with van der Waals surface area (Å²) in [5, 5.41) is 9.67. The van der Waals surface area contributed by atoms with Crippen LogP contribution in [0.1, 0.15) is 16.8 Å². The predicted molar refractivity (Wildman–Crippen MR) is 84.4 cm³/mol.